The van der Waals surface area contributed by atoms with Crippen LogP contribution in [0.3, 0.4) is 0 Å². The van der Waals surface area contributed by atoms with Crippen LogP contribution in [0, 0.1) is 13.8 Å². The number of hydrogen-bond acceptors (Lipinski definition) is 4. The molecule has 0 aliphatic carbocycles. The van der Waals surface area contributed by atoms with Crippen LogP contribution in [-0.4, -0.2) is 59.5 Å². The van der Waals surface area contributed by atoms with Gasteiger partial charge < -0.3 is 4.90 Å². The first-order chi connectivity index (χ1) is 12.8. The zero-order valence-electron chi connectivity index (χ0n) is 15.6. The molecule has 3 rings (SSSR count). The molecule has 0 N–H and O–H groups in total. The third kappa shape index (κ3) is 3.68. The van der Waals surface area contributed by atoms with Gasteiger partial charge in [0.2, 0.25) is 10.0 Å². The summed E-state index contributed by atoms with van der Waals surface area (Å²) < 4.78 is 30.1. The lowest BCUT2D eigenvalue weighted by atomic mass is 10.2. The first kappa shape index (κ1) is 20.0. The Morgan fingerprint density at radius 1 is 1.15 bits per heavy atom. The van der Waals surface area contributed by atoms with Crippen molar-refractivity contribution in [2.45, 2.75) is 32.2 Å². The first-order valence-electron chi connectivity index (χ1n) is 8.85. The van der Waals surface area contributed by atoms with Crippen molar-refractivity contribution in [3.8, 4) is 0 Å². The Balaban J connectivity index is 1.77. The second-order valence-electron chi connectivity index (χ2n) is 6.49. The number of aromatic nitrogens is 2. The van der Waals surface area contributed by atoms with Gasteiger partial charge in [-0.1, -0.05) is 12.1 Å². The van der Waals surface area contributed by atoms with Crippen molar-refractivity contribution >= 4 is 31.9 Å². The van der Waals surface area contributed by atoms with Crippen molar-refractivity contribution < 1.29 is 13.2 Å². The van der Waals surface area contributed by atoms with Crippen LogP contribution in [0.2, 0.25) is 0 Å². The van der Waals surface area contributed by atoms with Crippen molar-refractivity contribution in [3.05, 3.63) is 45.7 Å². The Kier molecular flexibility index (Phi) is 5.73. The van der Waals surface area contributed by atoms with E-state index in [1.54, 1.807) is 29.5 Å². The van der Waals surface area contributed by atoms with E-state index in [4.69, 9.17) is 0 Å². The number of nitrogens with zero attached hydrogens (tertiary/aromatic N) is 4. The Bertz CT molecular complexity index is 963. The van der Waals surface area contributed by atoms with E-state index >= 15 is 0 Å². The van der Waals surface area contributed by atoms with Crippen LogP contribution in [0.4, 0.5) is 0 Å². The number of carbonyl (C=O) groups excluding carboxylic acids is 1. The van der Waals surface area contributed by atoms with E-state index in [9.17, 15) is 13.2 Å². The second kappa shape index (κ2) is 7.73. The molecular weight excluding hydrogens is 432 g/mol. The molecule has 1 amide bonds. The molecule has 7 nitrogen and oxygen atoms in total. The summed E-state index contributed by atoms with van der Waals surface area (Å²) in [5.41, 5.74) is 1.76. The van der Waals surface area contributed by atoms with Gasteiger partial charge in [-0.05, 0) is 48.8 Å². The minimum absolute atomic E-state index is 0.0920. The smallest absolute Gasteiger partial charge is 0.255 e. The van der Waals surface area contributed by atoms with Crippen molar-refractivity contribution in [1.82, 2.24) is 19.0 Å². The standard InChI is InChI=1S/C18H23BrN4O3S/c1-4-23-14(3)17(13(2)20-23)27(25,26)22-11-9-21(10-12-22)18(24)15-7-5-6-8-16(15)19/h5-8H,4,9-12H2,1-3H3. The van der Waals surface area contributed by atoms with E-state index < -0.39 is 10.0 Å². The van der Waals surface area contributed by atoms with Crippen LogP contribution < -0.4 is 0 Å². The van der Waals surface area contributed by atoms with Crippen LogP contribution in [0.1, 0.15) is 28.7 Å². The minimum Gasteiger partial charge on any atom is -0.336 e. The number of benzene rings is 1. The zero-order valence-corrected chi connectivity index (χ0v) is 18.0. The van der Waals surface area contributed by atoms with Gasteiger partial charge in [0, 0.05) is 37.2 Å². The quantitative estimate of drug-likeness (QED) is 0.710. The lowest BCUT2D eigenvalue weighted by Gasteiger charge is -2.34. The molecule has 1 fully saturated rings. The number of sulfonamides is 1. The van der Waals surface area contributed by atoms with Gasteiger partial charge in [-0.2, -0.15) is 9.40 Å². The van der Waals surface area contributed by atoms with Crippen molar-refractivity contribution in [1.29, 1.82) is 0 Å². The topological polar surface area (TPSA) is 75.5 Å². The maximum absolute atomic E-state index is 13.1. The van der Waals surface area contributed by atoms with Gasteiger partial charge in [0.05, 0.1) is 17.0 Å². The van der Waals surface area contributed by atoms with Crippen molar-refractivity contribution in [2.75, 3.05) is 26.2 Å². The molecule has 2 heterocycles. The number of aryl methyl sites for hydroxylation is 2. The molecule has 146 valence electrons. The number of rotatable bonds is 4. The van der Waals surface area contributed by atoms with Crippen LogP contribution in [0.25, 0.3) is 0 Å². The van der Waals surface area contributed by atoms with Gasteiger partial charge in [-0.15, -0.1) is 0 Å². The van der Waals surface area contributed by atoms with E-state index in [-0.39, 0.29) is 23.9 Å². The van der Waals surface area contributed by atoms with Crippen LogP contribution in [0.15, 0.2) is 33.6 Å². The van der Waals surface area contributed by atoms with Gasteiger partial charge in [0.25, 0.3) is 5.91 Å². The fourth-order valence-electron chi connectivity index (χ4n) is 3.43. The van der Waals surface area contributed by atoms with E-state index in [0.717, 1.165) is 4.47 Å². The largest absolute Gasteiger partial charge is 0.336 e. The van der Waals surface area contributed by atoms with E-state index in [1.807, 2.05) is 25.1 Å². The highest BCUT2D eigenvalue weighted by Crippen LogP contribution is 2.25. The fraction of sp³-hybridized carbons (Fsp3) is 0.444. The van der Waals surface area contributed by atoms with E-state index in [1.165, 1.54) is 4.31 Å². The number of piperazine rings is 1. The summed E-state index contributed by atoms with van der Waals surface area (Å²) in [6, 6.07) is 7.26. The molecule has 0 spiro atoms. The third-order valence-corrected chi connectivity index (χ3v) is 7.69. The highest BCUT2D eigenvalue weighted by Gasteiger charge is 2.34. The summed E-state index contributed by atoms with van der Waals surface area (Å²) in [6.45, 7) is 7.32. The molecule has 0 radical (unpaired) electrons. The van der Waals surface area contributed by atoms with Crippen LogP contribution in [-0.2, 0) is 16.6 Å². The molecule has 27 heavy (non-hydrogen) atoms. The molecule has 9 heteroatoms. The fourth-order valence-corrected chi connectivity index (χ4v) is 5.68. The molecule has 0 saturated carbocycles. The lowest BCUT2D eigenvalue weighted by molar-refractivity contribution is 0.0697. The lowest BCUT2D eigenvalue weighted by Crippen LogP contribution is -2.50. The summed E-state index contributed by atoms with van der Waals surface area (Å²) >= 11 is 3.40. The SMILES string of the molecule is CCn1nc(C)c(S(=O)(=O)N2CCN(C(=O)c3ccccc3Br)CC2)c1C. The molecule has 1 saturated heterocycles. The Labute approximate surface area is 168 Å². The number of halogens is 1. The highest BCUT2D eigenvalue weighted by molar-refractivity contribution is 9.10. The number of hydrogen-bond donors (Lipinski definition) is 0. The molecule has 0 unspecified atom stereocenters. The van der Waals surface area contributed by atoms with Crippen LogP contribution >= 0.6 is 15.9 Å². The van der Waals surface area contributed by atoms with Gasteiger partial charge in [-0.25, -0.2) is 8.42 Å². The first-order valence-corrected chi connectivity index (χ1v) is 11.1. The monoisotopic (exact) mass is 454 g/mol. The zero-order chi connectivity index (χ0) is 19.8. The summed E-state index contributed by atoms with van der Waals surface area (Å²) in [5, 5.41) is 4.32. The molecule has 0 atom stereocenters. The number of amides is 1. The van der Waals surface area contributed by atoms with Gasteiger partial charge in [0.1, 0.15) is 4.90 Å². The molecule has 1 aromatic heterocycles. The molecule has 1 aliphatic heterocycles. The molecule has 1 aliphatic rings. The summed E-state index contributed by atoms with van der Waals surface area (Å²) in [5.74, 6) is -0.0920. The Hall–Kier alpha value is -1.71. The normalized spacial score (nSPS) is 15.9. The molecule has 2 aromatic rings. The van der Waals surface area contributed by atoms with Crippen molar-refractivity contribution in [3.63, 3.8) is 0 Å². The van der Waals surface area contributed by atoms with E-state index in [2.05, 4.69) is 21.0 Å². The number of carbonyl (C=O) groups is 1. The predicted molar refractivity (Wildman–Crippen MR) is 106 cm³/mol. The van der Waals surface area contributed by atoms with Crippen molar-refractivity contribution in [2.24, 2.45) is 0 Å². The predicted octanol–water partition coefficient (Wildman–Crippen LogP) is 2.43. The Morgan fingerprint density at radius 2 is 1.78 bits per heavy atom. The Morgan fingerprint density at radius 3 is 2.33 bits per heavy atom. The maximum atomic E-state index is 13.1. The second-order valence-corrected chi connectivity index (χ2v) is 9.22. The van der Waals surface area contributed by atoms with E-state index in [0.29, 0.717) is 36.6 Å². The maximum Gasteiger partial charge on any atom is 0.255 e. The van der Waals surface area contributed by atoms with Gasteiger partial charge >= 0.3 is 0 Å². The molecule has 1 aromatic carbocycles. The summed E-state index contributed by atoms with van der Waals surface area (Å²) in [6.07, 6.45) is 0. The highest BCUT2D eigenvalue weighted by atomic mass is 79.9. The van der Waals surface area contributed by atoms with Gasteiger partial charge in [0.15, 0.2) is 0 Å². The third-order valence-electron chi connectivity index (χ3n) is 4.84. The summed E-state index contributed by atoms with van der Waals surface area (Å²) in [7, 11) is -3.63. The molecule has 0 bridgehead atoms. The minimum atomic E-state index is -3.63. The average molecular weight is 455 g/mol. The summed E-state index contributed by atoms with van der Waals surface area (Å²) in [4.78, 5) is 14.7. The van der Waals surface area contributed by atoms with Crippen LogP contribution in [0.5, 0.6) is 0 Å². The average Bonchev–Trinajstić information content (AvgIpc) is 2.95. The van der Waals surface area contributed by atoms with Gasteiger partial charge in [-0.3, -0.25) is 9.48 Å². The molecular formula is C18H23BrN4O3S.